The highest BCUT2D eigenvalue weighted by molar-refractivity contribution is 8.93. The Morgan fingerprint density at radius 3 is 2.18 bits per heavy atom. The second-order valence-corrected chi connectivity index (χ2v) is 2.74. The van der Waals surface area contributed by atoms with Gasteiger partial charge in [-0.2, -0.15) is 0 Å². The Bertz CT molecular complexity index is 141. The summed E-state index contributed by atoms with van der Waals surface area (Å²) in [7, 11) is 0. The lowest BCUT2D eigenvalue weighted by molar-refractivity contribution is 0.684. The normalized spacial score (nSPS) is 21.8. The van der Waals surface area contributed by atoms with Gasteiger partial charge < -0.3 is 10.6 Å². The average molecular weight is 286 g/mol. The van der Waals surface area contributed by atoms with Gasteiger partial charge in [-0.3, -0.25) is 0 Å². The van der Waals surface area contributed by atoms with Gasteiger partial charge in [0, 0.05) is 19.6 Å². The molecule has 2 nitrogen and oxygen atoms in total. The molecule has 0 fully saturated rings. The number of halogens is 2. The highest BCUT2D eigenvalue weighted by Gasteiger charge is 2.15. The summed E-state index contributed by atoms with van der Waals surface area (Å²) in [6.45, 7) is 4.59. The van der Waals surface area contributed by atoms with Gasteiger partial charge in [-0.05, 0) is 18.5 Å². The van der Waals surface area contributed by atoms with E-state index in [1.165, 1.54) is 13.0 Å². The molecule has 0 bridgehead atoms. The van der Waals surface area contributed by atoms with E-state index in [2.05, 4.69) is 10.6 Å². The van der Waals surface area contributed by atoms with Crippen molar-refractivity contribution in [2.75, 3.05) is 26.2 Å². The highest BCUT2D eigenvalue weighted by Crippen LogP contribution is 2.14. The zero-order chi connectivity index (χ0) is 6.10. The van der Waals surface area contributed by atoms with E-state index in [-0.39, 0.29) is 34.0 Å². The first-order chi connectivity index (χ1) is 4.47. The van der Waals surface area contributed by atoms with Crippen molar-refractivity contribution < 1.29 is 0 Å². The van der Waals surface area contributed by atoms with Gasteiger partial charge in [0.25, 0.3) is 0 Å². The first-order valence-corrected chi connectivity index (χ1v) is 3.58. The summed E-state index contributed by atoms with van der Waals surface area (Å²) in [4.78, 5) is 0. The van der Waals surface area contributed by atoms with E-state index in [9.17, 15) is 0 Å². The summed E-state index contributed by atoms with van der Waals surface area (Å²) in [5.41, 5.74) is 3.27. The van der Waals surface area contributed by atoms with Crippen LogP contribution in [0, 0.1) is 0 Å². The Labute approximate surface area is 88.4 Å². The summed E-state index contributed by atoms with van der Waals surface area (Å²) in [6.07, 6.45) is 1.27. The molecular formula is C7H14Br2N2. The van der Waals surface area contributed by atoms with E-state index in [1.54, 1.807) is 11.1 Å². The maximum atomic E-state index is 3.36. The van der Waals surface area contributed by atoms with E-state index in [0.29, 0.717) is 0 Å². The smallest absolute Gasteiger partial charge is 0.0183 e. The zero-order valence-corrected chi connectivity index (χ0v) is 9.78. The van der Waals surface area contributed by atoms with Gasteiger partial charge in [-0.15, -0.1) is 34.0 Å². The molecule has 2 N–H and O–H groups in total. The Kier molecular flexibility index (Phi) is 5.60. The summed E-state index contributed by atoms with van der Waals surface area (Å²) >= 11 is 0. The van der Waals surface area contributed by atoms with E-state index in [4.69, 9.17) is 0 Å². The Morgan fingerprint density at radius 1 is 0.818 bits per heavy atom. The van der Waals surface area contributed by atoms with E-state index in [0.717, 1.165) is 19.6 Å². The second-order valence-electron chi connectivity index (χ2n) is 2.74. The van der Waals surface area contributed by atoms with Gasteiger partial charge in [0.15, 0.2) is 0 Å². The molecule has 0 amide bonds. The van der Waals surface area contributed by atoms with Crippen LogP contribution in [0.1, 0.15) is 6.42 Å². The molecule has 0 aromatic carbocycles. The molecule has 4 heteroatoms. The van der Waals surface area contributed by atoms with Crippen LogP contribution in [0.15, 0.2) is 11.1 Å². The van der Waals surface area contributed by atoms with Crippen molar-refractivity contribution >= 4 is 34.0 Å². The van der Waals surface area contributed by atoms with Gasteiger partial charge in [0.05, 0.1) is 0 Å². The highest BCUT2D eigenvalue weighted by atomic mass is 79.9. The Balaban J connectivity index is 0.000000500. The standard InChI is InChI=1S/C7H12N2.2BrH/c1-2-8-4-7-5-9-3-6(1)7;;/h8-9H,1-5H2;2*1H. The fourth-order valence-corrected chi connectivity index (χ4v) is 1.55. The van der Waals surface area contributed by atoms with Crippen LogP contribution in [0.25, 0.3) is 0 Å². The molecule has 66 valence electrons. The average Bonchev–Trinajstić information content (AvgIpc) is 2.33. The van der Waals surface area contributed by atoms with Gasteiger partial charge in [0.1, 0.15) is 0 Å². The summed E-state index contributed by atoms with van der Waals surface area (Å²) in [5.74, 6) is 0. The minimum Gasteiger partial charge on any atom is -0.313 e. The monoisotopic (exact) mass is 284 g/mol. The lowest BCUT2D eigenvalue weighted by Crippen LogP contribution is -2.24. The van der Waals surface area contributed by atoms with Crippen molar-refractivity contribution in [1.29, 1.82) is 0 Å². The Morgan fingerprint density at radius 2 is 1.45 bits per heavy atom. The number of rotatable bonds is 0. The maximum absolute atomic E-state index is 3.36. The third-order valence-corrected chi connectivity index (χ3v) is 2.12. The van der Waals surface area contributed by atoms with Crippen LogP contribution in [0.4, 0.5) is 0 Å². The van der Waals surface area contributed by atoms with Gasteiger partial charge >= 0.3 is 0 Å². The molecule has 0 aromatic heterocycles. The SMILES string of the molecule is Br.Br.C1CC2=C(CN1)CNC2. The van der Waals surface area contributed by atoms with Crippen LogP contribution in [0.2, 0.25) is 0 Å². The third kappa shape index (κ3) is 2.54. The number of hydrogen-bond donors (Lipinski definition) is 2. The largest absolute Gasteiger partial charge is 0.313 e. The quantitative estimate of drug-likeness (QED) is 0.650. The number of hydrogen-bond acceptors (Lipinski definition) is 2. The third-order valence-electron chi connectivity index (χ3n) is 2.12. The summed E-state index contributed by atoms with van der Waals surface area (Å²) in [5, 5.41) is 6.71. The van der Waals surface area contributed by atoms with Gasteiger partial charge in [-0.1, -0.05) is 5.57 Å². The minimum atomic E-state index is 0. The van der Waals surface area contributed by atoms with E-state index in [1.807, 2.05) is 0 Å². The molecule has 0 unspecified atom stereocenters. The Hall–Kier alpha value is 0.620. The zero-order valence-electron chi connectivity index (χ0n) is 6.35. The van der Waals surface area contributed by atoms with Crippen molar-refractivity contribution in [3.63, 3.8) is 0 Å². The maximum Gasteiger partial charge on any atom is 0.0183 e. The van der Waals surface area contributed by atoms with Gasteiger partial charge in [0.2, 0.25) is 0 Å². The molecule has 0 spiro atoms. The summed E-state index contributed by atoms with van der Waals surface area (Å²) in [6, 6.07) is 0. The van der Waals surface area contributed by atoms with Crippen LogP contribution in [0.5, 0.6) is 0 Å². The van der Waals surface area contributed by atoms with Crippen LogP contribution in [-0.2, 0) is 0 Å². The molecule has 0 atom stereocenters. The molecule has 2 rings (SSSR count). The lowest BCUT2D eigenvalue weighted by Gasteiger charge is -2.13. The molecule has 2 aliphatic heterocycles. The minimum absolute atomic E-state index is 0. The van der Waals surface area contributed by atoms with Crippen molar-refractivity contribution in [1.82, 2.24) is 10.6 Å². The first kappa shape index (κ1) is 11.6. The molecule has 0 aromatic rings. The van der Waals surface area contributed by atoms with E-state index >= 15 is 0 Å². The van der Waals surface area contributed by atoms with Crippen molar-refractivity contribution in [2.24, 2.45) is 0 Å². The molecular weight excluding hydrogens is 272 g/mol. The van der Waals surface area contributed by atoms with Crippen molar-refractivity contribution in [3.05, 3.63) is 11.1 Å². The first-order valence-electron chi connectivity index (χ1n) is 3.58. The molecule has 0 saturated heterocycles. The molecule has 0 radical (unpaired) electrons. The molecule has 11 heavy (non-hydrogen) atoms. The van der Waals surface area contributed by atoms with Crippen molar-refractivity contribution in [2.45, 2.75) is 6.42 Å². The van der Waals surface area contributed by atoms with Crippen LogP contribution in [-0.4, -0.2) is 26.2 Å². The fraction of sp³-hybridized carbons (Fsp3) is 0.714. The van der Waals surface area contributed by atoms with Crippen LogP contribution in [0.3, 0.4) is 0 Å². The predicted molar refractivity (Wildman–Crippen MR) is 58.0 cm³/mol. The van der Waals surface area contributed by atoms with Crippen LogP contribution >= 0.6 is 34.0 Å². The molecule has 2 heterocycles. The lowest BCUT2D eigenvalue weighted by atomic mass is 10.1. The van der Waals surface area contributed by atoms with Gasteiger partial charge in [-0.25, -0.2) is 0 Å². The fourth-order valence-electron chi connectivity index (χ4n) is 1.55. The van der Waals surface area contributed by atoms with E-state index < -0.39 is 0 Å². The predicted octanol–water partition coefficient (Wildman–Crippen LogP) is 1.04. The molecule has 2 aliphatic rings. The molecule has 0 aliphatic carbocycles. The molecule has 0 saturated carbocycles. The summed E-state index contributed by atoms with van der Waals surface area (Å²) < 4.78 is 0. The number of nitrogens with one attached hydrogen (secondary N) is 2. The topological polar surface area (TPSA) is 24.1 Å². The van der Waals surface area contributed by atoms with Crippen molar-refractivity contribution in [3.8, 4) is 0 Å². The second kappa shape index (κ2) is 5.30. The van der Waals surface area contributed by atoms with Crippen LogP contribution < -0.4 is 10.6 Å².